The van der Waals surface area contributed by atoms with E-state index in [4.69, 9.17) is 0 Å². The monoisotopic (exact) mass is 543 g/mol. The normalized spacial score (nSPS) is 17.4. The van der Waals surface area contributed by atoms with E-state index < -0.39 is 51.5 Å². The smallest absolute Gasteiger partial charge is 0.347 e. The fourth-order valence-electron chi connectivity index (χ4n) is 4.26. The van der Waals surface area contributed by atoms with Crippen molar-refractivity contribution in [3.8, 4) is 0 Å². The van der Waals surface area contributed by atoms with Gasteiger partial charge in [-0.3, -0.25) is 9.59 Å². The maximum atomic E-state index is 14.7. The third-order valence-electron chi connectivity index (χ3n) is 6.30. The van der Waals surface area contributed by atoms with E-state index >= 15 is 0 Å². The highest BCUT2D eigenvalue weighted by Gasteiger charge is 2.37. The molecule has 1 N–H and O–H groups in total. The summed E-state index contributed by atoms with van der Waals surface area (Å²) in [5.74, 6) is -2.56. The van der Waals surface area contributed by atoms with Gasteiger partial charge in [0.1, 0.15) is 11.9 Å². The SMILES string of the molecule is CC(C)[C@@H](NC(=O)[C@H]1CCCN1C(=O)c1cccc(S(=O)(=O)N(C)C)c1)c1ccc(C(F)(F)F)cc1F. The molecule has 2 atom stereocenters. The highest BCUT2D eigenvalue weighted by atomic mass is 32.2. The lowest BCUT2D eigenvalue weighted by Gasteiger charge is -2.29. The number of halogens is 4. The fourth-order valence-corrected chi connectivity index (χ4v) is 5.21. The van der Waals surface area contributed by atoms with Crippen molar-refractivity contribution in [1.82, 2.24) is 14.5 Å². The van der Waals surface area contributed by atoms with Crippen molar-refractivity contribution >= 4 is 21.8 Å². The van der Waals surface area contributed by atoms with Crippen molar-refractivity contribution in [2.75, 3.05) is 20.6 Å². The number of rotatable bonds is 7. The Labute approximate surface area is 213 Å². The van der Waals surface area contributed by atoms with Crippen LogP contribution in [-0.4, -0.2) is 56.1 Å². The topological polar surface area (TPSA) is 86.8 Å². The van der Waals surface area contributed by atoms with Crippen LogP contribution < -0.4 is 5.32 Å². The average molecular weight is 544 g/mol. The van der Waals surface area contributed by atoms with E-state index in [1.807, 2.05) is 0 Å². The Kier molecular flexibility index (Phi) is 8.33. The molecule has 1 fully saturated rings. The van der Waals surface area contributed by atoms with Gasteiger partial charge in [0, 0.05) is 31.8 Å². The zero-order chi connectivity index (χ0) is 27.7. The number of nitrogens with zero attached hydrogens (tertiary/aromatic N) is 2. The predicted molar refractivity (Wildman–Crippen MR) is 128 cm³/mol. The Balaban J connectivity index is 1.84. The maximum absolute atomic E-state index is 14.7. The van der Waals surface area contributed by atoms with E-state index in [0.29, 0.717) is 18.9 Å². The van der Waals surface area contributed by atoms with Gasteiger partial charge in [0.2, 0.25) is 15.9 Å². The summed E-state index contributed by atoms with van der Waals surface area (Å²) in [6, 6.07) is 5.86. The molecule has 12 heteroatoms. The van der Waals surface area contributed by atoms with E-state index in [2.05, 4.69) is 5.32 Å². The number of likely N-dealkylation sites (tertiary alicyclic amines) is 1. The van der Waals surface area contributed by atoms with Crippen molar-refractivity contribution in [3.63, 3.8) is 0 Å². The minimum absolute atomic E-state index is 0.0683. The molecule has 0 aromatic heterocycles. The molecular weight excluding hydrogens is 514 g/mol. The first-order valence-electron chi connectivity index (χ1n) is 11.6. The van der Waals surface area contributed by atoms with Crippen LogP contribution in [-0.2, 0) is 21.0 Å². The number of carbonyl (C=O) groups is 2. The van der Waals surface area contributed by atoms with E-state index in [1.54, 1.807) is 13.8 Å². The minimum atomic E-state index is -4.70. The Morgan fingerprint density at radius 2 is 1.78 bits per heavy atom. The highest BCUT2D eigenvalue weighted by Crippen LogP contribution is 2.33. The molecule has 0 bridgehead atoms. The van der Waals surface area contributed by atoms with Gasteiger partial charge in [0.15, 0.2) is 0 Å². The number of hydrogen-bond acceptors (Lipinski definition) is 4. The van der Waals surface area contributed by atoms with Gasteiger partial charge in [-0.1, -0.05) is 26.0 Å². The fraction of sp³-hybridized carbons (Fsp3) is 0.440. The molecule has 37 heavy (non-hydrogen) atoms. The number of carbonyl (C=O) groups excluding carboxylic acids is 2. The first-order chi connectivity index (χ1) is 17.1. The first-order valence-corrected chi connectivity index (χ1v) is 13.1. The van der Waals surface area contributed by atoms with Gasteiger partial charge in [-0.2, -0.15) is 13.2 Å². The Morgan fingerprint density at radius 1 is 1.11 bits per heavy atom. The van der Waals surface area contributed by atoms with Crippen molar-refractivity contribution in [2.24, 2.45) is 5.92 Å². The second kappa shape index (κ2) is 10.8. The molecule has 202 valence electrons. The van der Waals surface area contributed by atoms with Crippen molar-refractivity contribution in [3.05, 3.63) is 65.0 Å². The molecule has 2 amide bonds. The standard InChI is InChI=1S/C25H29F4N3O4S/c1-15(2)22(19-11-10-17(14-20(19)26)25(27,28)29)30-23(33)21-9-6-12-32(21)24(34)16-7-5-8-18(13-16)37(35,36)31(3)4/h5,7-8,10-11,13-15,21-22H,6,9,12H2,1-4H3,(H,30,33)/t21-,22-/m1/s1. The van der Waals surface area contributed by atoms with Crippen LogP contribution in [0.5, 0.6) is 0 Å². The van der Waals surface area contributed by atoms with Crippen LogP contribution in [0.2, 0.25) is 0 Å². The molecule has 0 aliphatic carbocycles. The second-order valence-electron chi connectivity index (χ2n) is 9.44. The number of sulfonamides is 1. The predicted octanol–water partition coefficient (Wildman–Crippen LogP) is 4.21. The lowest BCUT2D eigenvalue weighted by Crippen LogP contribution is -2.47. The van der Waals surface area contributed by atoms with E-state index in [1.165, 1.54) is 43.3 Å². The van der Waals surface area contributed by atoms with Crippen LogP contribution in [0.4, 0.5) is 17.6 Å². The lowest BCUT2D eigenvalue weighted by molar-refractivity contribution is -0.137. The number of benzene rings is 2. The summed E-state index contributed by atoms with van der Waals surface area (Å²) in [4.78, 5) is 27.7. The van der Waals surface area contributed by atoms with Crippen LogP contribution in [0, 0.1) is 11.7 Å². The Hall–Kier alpha value is -2.99. The molecule has 0 spiro atoms. The zero-order valence-electron chi connectivity index (χ0n) is 20.8. The summed E-state index contributed by atoms with van der Waals surface area (Å²) in [6.07, 6.45) is -3.86. The van der Waals surface area contributed by atoms with Crippen molar-refractivity contribution in [1.29, 1.82) is 0 Å². The molecular formula is C25H29F4N3O4S. The Bertz CT molecular complexity index is 1280. The molecule has 1 saturated heterocycles. The van der Waals surface area contributed by atoms with Crippen molar-refractivity contribution < 1.29 is 35.6 Å². The van der Waals surface area contributed by atoms with Crippen molar-refractivity contribution in [2.45, 2.75) is 49.8 Å². The summed E-state index contributed by atoms with van der Waals surface area (Å²) in [6.45, 7) is 3.63. The molecule has 1 aliphatic heterocycles. The summed E-state index contributed by atoms with van der Waals surface area (Å²) < 4.78 is 79.5. The zero-order valence-corrected chi connectivity index (χ0v) is 21.7. The van der Waals surface area contributed by atoms with Gasteiger partial charge in [0.25, 0.3) is 5.91 Å². The van der Waals surface area contributed by atoms with Gasteiger partial charge >= 0.3 is 6.18 Å². The minimum Gasteiger partial charge on any atom is -0.347 e. The molecule has 1 heterocycles. The highest BCUT2D eigenvalue weighted by molar-refractivity contribution is 7.89. The molecule has 2 aromatic carbocycles. The Morgan fingerprint density at radius 3 is 2.35 bits per heavy atom. The molecule has 7 nitrogen and oxygen atoms in total. The summed E-state index contributed by atoms with van der Waals surface area (Å²) >= 11 is 0. The van der Waals surface area contributed by atoms with Gasteiger partial charge in [-0.05, 0) is 49.1 Å². The van der Waals surface area contributed by atoms with Crippen LogP contribution in [0.3, 0.4) is 0 Å². The number of alkyl halides is 3. The number of nitrogens with one attached hydrogen (secondary N) is 1. The third kappa shape index (κ3) is 6.12. The number of amides is 2. The van der Waals surface area contributed by atoms with E-state index in [0.717, 1.165) is 16.4 Å². The van der Waals surface area contributed by atoms with E-state index in [9.17, 15) is 35.6 Å². The second-order valence-corrected chi connectivity index (χ2v) is 11.6. The van der Waals surface area contributed by atoms with Gasteiger partial charge in [-0.25, -0.2) is 17.1 Å². The molecule has 0 radical (unpaired) electrons. The van der Waals surface area contributed by atoms with Crippen LogP contribution >= 0.6 is 0 Å². The average Bonchev–Trinajstić information content (AvgIpc) is 3.31. The molecule has 1 aliphatic rings. The van der Waals surface area contributed by atoms with Crippen LogP contribution in [0.1, 0.15) is 54.2 Å². The molecule has 3 rings (SSSR count). The maximum Gasteiger partial charge on any atom is 0.416 e. The summed E-state index contributed by atoms with van der Waals surface area (Å²) in [5, 5.41) is 2.70. The van der Waals surface area contributed by atoms with E-state index in [-0.39, 0.29) is 28.5 Å². The van der Waals surface area contributed by atoms with Crippen LogP contribution in [0.15, 0.2) is 47.4 Å². The molecule has 2 aromatic rings. The molecule has 0 unspecified atom stereocenters. The summed E-state index contributed by atoms with van der Waals surface area (Å²) in [7, 11) is -1.04. The van der Waals surface area contributed by atoms with Gasteiger partial charge < -0.3 is 10.2 Å². The van der Waals surface area contributed by atoms with Gasteiger partial charge in [-0.15, -0.1) is 0 Å². The number of hydrogen-bond donors (Lipinski definition) is 1. The third-order valence-corrected chi connectivity index (χ3v) is 8.11. The first kappa shape index (κ1) is 28.6. The summed E-state index contributed by atoms with van der Waals surface area (Å²) in [5.41, 5.74) is -1.13. The molecule has 0 saturated carbocycles. The lowest BCUT2D eigenvalue weighted by atomic mass is 9.94. The quantitative estimate of drug-likeness (QED) is 0.530. The largest absolute Gasteiger partial charge is 0.416 e. The van der Waals surface area contributed by atoms with Gasteiger partial charge in [0.05, 0.1) is 16.5 Å². The van der Waals surface area contributed by atoms with Crippen LogP contribution in [0.25, 0.3) is 0 Å².